The van der Waals surface area contributed by atoms with Crippen LogP contribution in [-0.4, -0.2) is 8.42 Å². The summed E-state index contributed by atoms with van der Waals surface area (Å²) in [7, 11) is -4.65. The fraction of sp³-hybridized carbons (Fsp3) is 0.143. The van der Waals surface area contributed by atoms with Gasteiger partial charge >= 0.3 is 10.2 Å². The fourth-order valence-corrected chi connectivity index (χ4v) is 2.41. The smallest absolute Gasteiger partial charge is 0.189 e. The fourth-order valence-electron chi connectivity index (χ4n) is 0.890. The van der Waals surface area contributed by atoms with Gasteiger partial charge in [-0.15, -0.1) is 3.89 Å². The summed E-state index contributed by atoms with van der Waals surface area (Å²) in [6, 6.07) is 3.89. The summed E-state index contributed by atoms with van der Waals surface area (Å²) in [4.78, 5) is -0.339. The zero-order valence-electron chi connectivity index (χ0n) is 6.30. The first-order valence-electron chi connectivity index (χ1n) is 3.24. The minimum absolute atomic E-state index is 0.242. The number of alkyl halides is 1. The van der Waals surface area contributed by atoms with Crippen molar-refractivity contribution in [3.63, 3.8) is 0 Å². The molecule has 1 aromatic rings. The lowest BCUT2D eigenvalue weighted by atomic mass is 10.2. The van der Waals surface area contributed by atoms with E-state index in [0.29, 0.717) is 10.6 Å². The van der Waals surface area contributed by atoms with Crippen LogP contribution in [0.4, 0.5) is 3.89 Å². The van der Waals surface area contributed by atoms with E-state index in [0.717, 1.165) is 6.07 Å². The molecule has 0 N–H and O–H groups in total. The van der Waals surface area contributed by atoms with Gasteiger partial charge in [0.1, 0.15) is 4.90 Å². The molecule has 0 heterocycles. The van der Waals surface area contributed by atoms with Gasteiger partial charge in [-0.25, -0.2) is 0 Å². The summed E-state index contributed by atoms with van der Waals surface area (Å²) >= 11 is 8.65. The molecule has 0 unspecified atom stereocenters. The molecule has 6 heteroatoms. The zero-order chi connectivity index (χ0) is 10.1. The topological polar surface area (TPSA) is 34.1 Å². The van der Waals surface area contributed by atoms with Crippen LogP contribution in [0.1, 0.15) is 5.56 Å². The second kappa shape index (κ2) is 3.94. The molecule has 0 saturated carbocycles. The molecule has 0 aliphatic carbocycles. The maximum absolute atomic E-state index is 12.6. The maximum atomic E-state index is 12.6. The molecule has 0 aromatic heterocycles. The van der Waals surface area contributed by atoms with Crippen LogP contribution in [0.15, 0.2) is 23.1 Å². The Bertz CT molecular complexity index is 419. The van der Waals surface area contributed by atoms with Crippen LogP contribution in [0.25, 0.3) is 0 Å². The van der Waals surface area contributed by atoms with Crippen LogP contribution in [0.3, 0.4) is 0 Å². The minimum Gasteiger partial charge on any atom is -0.189 e. The van der Waals surface area contributed by atoms with E-state index >= 15 is 0 Å². The summed E-state index contributed by atoms with van der Waals surface area (Å²) in [5.74, 6) is 0. The molecule has 1 rings (SSSR count). The predicted octanol–water partition coefficient (Wildman–Crippen LogP) is 2.89. The quantitative estimate of drug-likeness (QED) is 0.619. The van der Waals surface area contributed by atoms with Crippen LogP contribution in [-0.2, 0) is 15.6 Å². The Balaban J connectivity index is 3.39. The van der Waals surface area contributed by atoms with Crippen molar-refractivity contribution < 1.29 is 12.3 Å². The second-order valence-electron chi connectivity index (χ2n) is 2.32. The second-order valence-corrected chi connectivity index (χ2v) is 4.64. The summed E-state index contributed by atoms with van der Waals surface area (Å²) in [5, 5.41) is 0.619. The van der Waals surface area contributed by atoms with Gasteiger partial charge in [0.25, 0.3) is 0 Å². The molecular formula is C7H5BrClFO2S. The van der Waals surface area contributed by atoms with Gasteiger partial charge in [-0.3, -0.25) is 0 Å². The molecule has 0 aliphatic rings. The third-order valence-electron chi connectivity index (χ3n) is 1.43. The van der Waals surface area contributed by atoms with Crippen molar-refractivity contribution in [2.24, 2.45) is 0 Å². The third kappa shape index (κ3) is 2.65. The summed E-state index contributed by atoms with van der Waals surface area (Å²) in [5.41, 5.74) is 0.315. The molecule has 0 atom stereocenters. The van der Waals surface area contributed by atoms with E-state index in [1.807, 2.05) is 0 Å². The molecular weight excluding hydrogens is 282 g/mol. The van der Waals surface area contributed by atoms with Crippen molar-refractivity contribution in [1.82, 2.24) is 0 Å². The van der Waals surface area contributed by atoms with Crippen molar-refractivity contribution in [2.75, 3.05) is 0 Å². The van der Waals surface area contributed by atoms with E-state index in [9.17, 15) is 12.3 Å². The van der Waals surface area contributed by atoms with Crippen molar-refractivity contribution in [1.29, 1.82) is 0 Å². The Morgan fingerprint density at radius 3 is 2.54 bits per heavy atom. The Kier molecular flexibility index (Phi) is 3.32. The molecule has 1 aromatic carbocycles. The van der Waals surface area contributed by atoms with Gasteiger partial charge in [0.15, 0.2) is 0 Å². The van der Waals surface area contributed by atoms with E-state index < -0.39 is 10.2 Å². The van der Waals surface area contributed by atoms with E-state index in [1.54, 1.807) is 0 Å². The molecule has 13 heavy (non-hydrogen) atoms. The van der Waals surface area contributed by atoms with E-state index in [1.165, 1.54) is 12.1 Å². The lowest BCUT2D eigenvalue weighted by molar-refractivity contribution is 0.551. The Labute approximate surface area is 89.1 Å². The molecule has 0 bridgehead atoms. The predicted molar refractivity (Wildman–Crippen MR) is 52.4 cm³/mol. The average molecular weight is 288 g/mol. The lowest BCUT2D eigenvalue weighted by Gasteiger charge is -2.02. The molecule has 0 spiro atoms. The molecule has 0 saturated heterocycles. The monoisotopic (exact) mass is 286 g/mol. The van der Waals surface area contributed by atoms with Gasteiger partial charge in [0, 0.05) is 10.4 Å². The number of rotatable bonds is 2. The minimum atomic E-state index is -4.65. The van der Waals surface area contributed by atoms with Gasteiger partial charge in [-0.2, -0.15) is 8.42 Å². The first-order valence-corrected chi connectivity index (χ1v) is 6.12. The van der Waals surface area contributed by atoms with Crippen molar-refractivity contribution in [3.05, 3.63) is 28.8 Å². The van der Waals surface area contributed by atoms with Crippen LogP contribution >= 0.6 is 27.5 Å². The first kappa shape index (κ1) is 10.9. The van der Waals surface area contributed by atoms with E-state index in [-0.39, 0.29) is 10.2 Å². The number of halogens is 3. The van der Waals surface area contributed by atoms with E-state index in [4.69, 9.17) is 11.6 Å². The Hall–Kier alpha value is -0.130. The number of hydrogen-bond donors (Lipinski definition) is 0. The van der Waals surface area contributed by atoms with Crippen molar-refractivity contribution in [2.45, 2.75) is 10.2 Å². The van der Waals surface area contributed by atoms with Crippen LogP contribution in [0, 0.1) is 0 Å². The standard InChI is InChI=1S/C7H5BrClFO2S/c8-4-5-3-6(9)1-2-7(5)13(10,11)12/h1-3H,4H2. The molecule has 2 nitrogen and oxygen atoms in total. The normalized spacial score (nSPS) is 11.6. The SMILES string of the molecule is O=S(=O)(F)c1ccc(Cl)cc1CBr. The van der Waals surface area contributed by atoms with Crippen LogP contribution in [0.5, 0.6) is 0 Å². The highest BCUT2D eigenvalue weighted by atomic mass is 79.9. The number of benzene rings is 1. The molecule has 72 valence electrons. The lowest BCUT2D eigenvalue weighted by Crippen LogP contribution is -1.96. The van der Waals surface area contributed by atoms with Crippen LogP contribution in [0.2, 0.25) is 5.02 Å². The molecule has 0 amide bonds. The van der Waals surface area contributed by atoms with E-state index in [2.05, 4.69) is 15.9 Å². The van der Waals surface area contributed by atoms with Gasteiger partial charge in [-0.1, -0.05) is 27.5 Å². The molecule has 0 fully saturated rings. The van der Waals surface area contributed by atoms with Gasteiger partial charge < -0.3 is 0 Å². The highest BCUT2D eigenvalue weighted by molar-refractivity contribution is 9.08. The van der Waals surface area contributed by atoms with Crippen molar-refractivity contribution in [3.8, 4) is 0 Å². The molecule has 0 aliphatic heterocycles. The third-order valence-corrected chi connectivity index (χ3v) is 3.19. The Morgan fingerprint density at radius 1 is 1.46 bits per heavy atom. The first-order chi connectivity index (χ1) is 5.95. The summed E-state index contributed by atoms with van der Waals surface area (Å²) in [6.45, 7) is 0. The zero-order valence-corrected chi connectivity index (χ0v) is 9.46. The highest BCUT2D eigenvalue weighted by Crippen LogP contribution is 2.23. The molecule has 0 radical (unpaired) electrons. The average Bonchev–Trinajstić information content (AvgIpc) is 2.01. The van der Waals surface area contributed by atoms with Gasteiger partial charge in [0.2, 0.25) is 0 Å². The Morgan fingerprint density at radius 2 is 2.08 bits per heavy atom. The van der Waals surface area contributed by atoms with Gasteiger partial charge in [-0.05, 0) is 23.8 Å². The maximum Gasteiger partial charge on any atom is 0.332 e. The summed E-state index contributed by atoms with van der Waals surface area (Å²) in [6.07, 6.45) is 0. The van der Waals surface area contributed by atoms with Crippen molar-refractivity contribution >= 4 is 37.8 Å². The van der Waals surface area contributed by atoms with Crippen LogP contribution < -0.4 is 0 Å². The highest BCUT2D eigenvalue weighted by Gasteiger charge is 2.16. The summed E-state index contributed by atoms with van der Waals surface area (Å²) < 4.78 is 33.8. The van der Waals surface area contributed by atoms with Gasteiger partial charge in [0.05, 0.1) is 0 Å². The number of hydrogen-bond acceptors (Lipinski definition) is 2. The largest absolute Gasteiger partial charge is 0.332 e.